The zero-order valence-electron chi connectivity index (χ0n) is 21.8. The lowest BCUT2D eigenvalue weighted by atomic mass is 9.88. The van der Waals surface area contributed by atoms with E-state index in [1.165, 1.54) is 0 Å². The molecule has 0 spiro atoms. The van der Waals surface area contributed by atoms with Crippen molar-refractivity contribution in [1.82, 2.24) is 10.6 Å². The van der Waals surface area contributed by atoms with Gasteiger partial charge in [-0.1, -0.05) is 91.0 Å². The number of carbonyl (C=O) groups is 3. The number of aliphatic imine (C=N–C) groups is 1. The summed E-state index contributed by atoms with van der Waals surface area (Å²) < 4.78 is 0. The van der Waals surface area contributed by atoms with Crippen molar-refractivity contribution in [2.45, 2.75) is 43.7 Å². The van der Waals surface area contributed by atoms with E-state index in [0.29, 0.717) is 13.0 Å². The Bertz CT molecular complexity index is 1190. The van der Waals surface area contributed by atoms with Gasteiger partial charge in [0.2, 0.25) is 17.7 Å². The van der Waals surface area contributed by atoms with Crippen LogP contribution in [-0.4, -0.2) is 42.3 Å². The van der Waals surface area contributed by atoms with Crippen LogP contribution in [0.25, 0.3) is 0 Å². The lowest BCUT2D eigenvalue weighted by Gasteiger charge is -2.23. The third-order valence-corrected chi connectivity index (χ3v) is 6.33. The van der Waals surface area contributed by atoms with Gasteiger partial charge in [0.05, 0.1) is 0 Å². The first kappa shape index (κ1) is 28.9. The first-order valence-electron chi connectivity index (χ1n) is 12.9. The summed E-state index contributed by atoms with van der Waals surface area (Å²) in [6, 6.07) is 26.9. The molecule has 3 aromatic rings. The largest absolute Gasteiger partial charge is 0.370 e. The summed E-state index contributed by atoms with van der Waals surface area (Å²) in [4.78, 5) is 42.7. The number of guanidine groups is 1. The summed E-state index contributed by atoms with van der Waals surface area (Å²) in [5.74, 6) is -1.71. The summed E-state index contributed by atoms with van der Waals surface area (Å²) in [6.07, 6.45) is 1.08. The fourth-order valence-electron chi connectivity index (χ4n) is 4.35. The third kappa shape index (κ3) is 9.62. The quantitative estimate of drug-likeness (QED) is 0.122. The average molecular weight is 529 g/mol. The Morgan fingerprint density at radius 2 is 1.26 bits per heavy atom. The van der Waals surface area contributed by atoms with Crippen molar-refractivity contribution in [3.8, 4) is 0 Å². The Balaban J connectivity index is 1.75. The highest BCUT2D eigenvalue weighted by molar-refractivity contribution is 5.92. The Hall–Kier alpha value is -4.66. The van der Waals surface area contributed by atoms with Crippen molar-refractivity contribution in [2.75, 3.05) is 6.54 Å². The minimum absolute atomic E-state index is 0.0507. The molecular formula is C30H36N6O3. The maximum Gasteiger partial charge on any atom is 0.243 e. The van der Waals surface area contributed by atoms with Gasteiger partial charge < -0.3 is 27.8 Å². The van der Waals surface area contributed by atoms with E-state index in [1.807, 2.05) is 91.0 Å². The topological polar surface area (TPSA) is 166 Å². The molecular weight excluding hydrogens is 492 g/mol. The van der Waals surface area contributed by atoms with Gasteiger partial charge in [-0.2, -0.15) is 0 Å². The molecule has 0 aliphatic rings. The number of hydrogen-bond donors (Lipinski definition) is 5. The molecule has 0 aromatic heterocycles. The first-order chi connectivity index (χ1) is 18.8. The number of benzene rings is 3. The lowest BCUT2D eigenvalue weighted by Crippen LogP contribution is -2.53. The van der Waals surface area contributed by atoms with Gasteiger partial charge in [-0.25, -0.2) is 0 Å². The molecule has 0 heterocycles. The number of rotatable bonds is 14. The van der Waals surface area contributed by atoms with E-state index in [0.717, 1.165) is 16.7 Å². The first-order valence-corrected chi connectivity index (χ1v) is 12.9. The molecule has 8 N–H and O–H groups in total. The average Bonchev–Trinajstić information content (AvgIpc) is 2.94. The molecule has 9 heteroatoms. The van der Waals surface area contributed by atoms with Gasteiger partial charge in [0.15, 0.2) is 5.96 Å². The second-order valence-electron chi connectivity index (χ2n) is 9.30. The van der Waals surface area contributed by atoms with Crippen LogP contribution in [0.1, 0.15) is 41.9 Å². The van der Waals surface area contributed by atoms with Crippen molar-refractivity contribution in [2.24, 2.45) is 22.2 Å². The Kier molecular flexibility index (Phi) is 11.1. The SMILES string of the molecule is NC(=O)[C@H](Cc1ccccc1)NC(=O)[C@H](CCCN=C(N)N)NC(=O)CC(c1ccccc1)c1ccccc1. The van der Waals surface area contributed by atoms with E-state index in [-0.39, 0.29) is 37.0 Å². The van der Waals surface area contributed by atoms with Gasteiger partial charge in [-0.3, -0.25) is 19.4 Å². The van der Waals surface area contributed by atoms with Crippen LogP contribution in [0.2, 0.25) is 0 Å². The van der Waals surface area contributed by atoms with E-state index in [4.69, 9.17) is 17.2 Å². The molecule has 39 heavy (non-hydrogen) atoms. The molecule has 0 aliphatic heterocycles. The summed E-state index contributed by atoms with van der Waals surface area (Å²) in [5, 5.41) is 5.59. The Morgan fingerprint density at radius 3 is 1.77 bits per heavy atom. The summed E-state index contributed by atoms with van der Waals surface area (Å²) in [5.41, 5.74) is 19.3. The summed E-state index contributed by atoms with van der Waals surface area (Å²) in [7, 11) is 0. The number of hydrogen-bond acceptors (Lipinski definition) is 4. The number of nitrogens with one attached hydrogen (secondary N) is 2. The molecule has 0 bridgehead atoms. The van der Waals surface area contributed by atoms with Crippen molar-refractivity contribution in [1.29, 1.82) is 0 Å². The summed E-state index contributed by atoms with van der Waals surface area (Å²) >= 11 is 0. The molecule has 0 aliphatic carbocycles. The Morgan fingerprint density at radius 1 is 0.718 bits per heavy atom. The van der Waals surface area contributed by atoms with Crippen LogP contribution in [0, 0.1) is 0 Å². The van der Waals surface area contributed by atoms with Crippen LogP contribution >= 0.6 is 0 Å². The third-order valence-electron chi connectivity index (χ3n) is 6.33. The second kappa shape index (κ2) is 14.9. The zero-order valence-corrected chi connectivity index (χ0v) is 21.8. The number of amides is 3. The fourth-order valence-corrected chi connectivity index (χ4v) is 4.35. The van der Waals surface area contributed by atoms with E-state index >= 15 is 0 Å². The molecule has 9 nitrogen and oxygen atoms in total. The number of nitrogens with two attached hydrogens (primary N) is 3. The van der Waals surface area contributed by atoms with Crippen LogP contribution in [-0.2, 0) is 20.8 Å². The van der Waals surface area contributed by atoms with E-state index in [1.54, 1.807) is 0 Å². The van der Waals surface area contributed by atoms with Crippen molar-refractivity contribution < 1.29 is 14.4 Å². The second-order valence-corrected chi connectivity index (χ2v) is 9.30. The molecule has 3 rings (SSSR count). The standard InChI is InChI=1S/C30H36N6O3/c31-28(38)26(19-21-11-4-1-5-12-21)36-29(39)25(17-10-18-34-30(32)33)35-27(37)20-24(22-13-6-2-7-14-22)23-15-8-3-9-16-23/h1-9,11-16,24-26H,10,17-20H2,(H2,31,38)(H,35,37)(H,36,39)(H4,32,33,34)/t25-,26-/m0/s1. The highest BCUT2D eigenvalue weighted by Gasteiger charge is 2.27. The molecule has 204 valence electrons. The molecule has 0 unspecified atom stereocenters. The fraction of sp³-hybridized carbons (Fsp3) is 0.267. The predicted octanol–water partition coefficient (Wildman–Crippen LogP) is 1.96. The van der Waals surface area contributed by atoms with Crippen LogP contribution in [0.4, 0.5) is 0 Å². The number of primary amides is 1. The lowest BCUT2D eigenvalue weighted by molar-refractivity contribution is -0.131. The van der Waals surface area contributed by atoms with Crippen molar-refractivity contribution in [3.63, 3.8) is 0 Å². The van der Waals surface area contributed by atoms with Crippen molar-refractivity contribution in [3.05, 3.63) is 108 Å². The van der Waals surface area contributed by atoms with Gasteiger partial charge in [0.25, 0.3) is 0 Å². The molecule has 3 amide bonds. The normalized spacial score (nSPS) is 12.2. The van der Waals surface area contributed by atoms with Gasteiger partial charge >= 0.3 is 0 Å². The highest BCUT2D eigenvalue weighted by atomic mass is 16.2. The molecule has 0 fully saturated rings. The molecule has 3 aromatic carbocycles. The number of nitrogens with zero attached hydrogens (tertiary/aromatic N) is 1. The zero-order chi connectivity index (χ0) is 28.0. The van der Waals surface area contributed by atoms with Gasteiger partial charge in [-0.05, 0) is 29.5 Å². The summed E-state index contributed by atoms with van der Waals surface area (Å²) in [6.45, 7) is 0.294. The van der Waals surface area contributed by atoms with Crippen LogP contribution < -0.4 is 27.8 Å². The minimum atomic E-state index is -0.932. The minimum Gasteiger partial charge on any atom is -0.370 e. The van der Waals surface area contributed by atoms with E-state index in [9.17, 15) is 14.4 Å². The van der Waals surface area contributed by atoms with Crippen LogP contribution in [0.3, 0.4) is 0 Å². The van der Waals surface area contributed by atoms with Gasteiger partial charge in [-0.15, -0.1) is 0 Å². The van der Waals surface area contributed by atoms with Crippen molar-refractivity contribution >= 4 is 23.7 Å². The highest BCUT2D eigenvalue weighted by Crippen LogP contribution is 2.27. The van der Waals surface area contributed by atoms with Crippen LogP contribution in [0.5, 0.6) is 0 Å². The smallest absolute Gasteiger partial charge is 0.243 e. The van der Waals surface area contributed by atoms with E-state index in [2.05, 4.69) is 15.6 Å². The predicted molar refractivity (Wildman–Crippen MR) is 152 cm³/mol. The molecule has 2 atom stereocenters. The van der Waals surface area contributed by atoms with E-state index < -0.39 is 23.9 Å². The van der Waals surface area contributed by atoms with Crippen LogP contribution in [0.15, 0.2) is 96.0 Å². The number of carbonyl (C=O) groups excluding carboxylic acids is 3. The van der Waals surface area contributed by atoms with Gasteiger partial charge in [0.1, 0.15) is 12.1 Å². The monoisotopic (exact) mass is 528 g/mol. The molecule has 0 radical (unpaired) electrons. The molecule has 0 saturated carbocycles. The Labute approximate surface area is 228 Å². The maximum absolute atomic E-state index is 13.3. The van der Waals surface area contributed by atoms with Gasteiger partial charge in [0, 0.05) is 25.3 Å². The maximum atomic E-state index is 13.3. The molecule has 0 saturated heterocycles.